The first-order valence-electron chi connectivity index (χ1n) is 5.90. The number of hydrogen-bond donors (Lipinski definition) is 3. The fourth-order valence-corrected chi connectivity index (χ4v) is 2.03. The van der Waals surface area contributed by atoms with Gasteiger partial charge in [0.15, 0.2) is 0 Å². The van der Waals surface area contributed by atoms with Gasteiger partial charge in [-0.3, -0.25) is 9.59 Å². The van der Waals surface area contributed by atoms with Gasteiger partial charge in [-0.05, 0) is 12.5 Å². The van der Waals surface area contributed by atoms with Gasteiger partial charge in [-0.25, -0.2) is 0 Å². The van der Waals surface area contributed by atoms with Crippen LogP contribution in [0.4, 0.5) is 0 Å². The van der Waals surface area contributed by atoms with Crippen LogP contribution < -0.4 is 10.6 Å². The van der Waals surface area contributed by atoms with E-state index < -0.39 is 23.8 Å². The molecule has 0 radical (unpaired) electrons. The first-order valence-corrected chi connectivity index (χ1v) is 5.90. The first kappa shape index (κ1) is 12.6. The van der Waals surface area contributed by atoms with Gasteiger partial charge in [-0.2, -0.15) is 0 Å². The van der Waals surface area contributed by atoms with Crippen molar-refractivity contribution in [3.05, 3.63) is 35.9 Å². The topological polar surface area (TPSA) is 78.4 Å². The molecule has 0 aromatic heterocycles. The molecule has 1 aliphatic rings. The smallest absolute Gasteiger partial charge is 0.235 e. The molecule has 96 valence electrons. The lowest BCUT2D eigenvalue weighted by Crippen LogP contribution is -2.40. The van der Waals surface area contributed by atoms with Crippen molar-refractivity contribution in [1.29, 1.82) is 0 Å². The molecule has 5 heteroatoms. The summed E-state index contributed by atoms with van der Waals surface area (Å²) >= 11 is 0. The Morgan fingerprint density at radius 1 is 1.44 bits per heavy atom. The molecule has 3 unspecified atom stereocenters. The summed E-state index contributed by atoms with van der Waals surface area (Å²) in [7, 11) is 0. The third-order valence-corrected chi connectivity index (χ3v) is 3.09. The number of aliphatic hydroxyl groups is 1. The van der Waals surface area contributed by atoms with Crippen molar-refractivity contribution >= 4 is 11.8 Å². The maximum Gasteiger partial charge on any atom is 0.235 e. The van der Waals surface area contributed by atoms with Crippen molar-refractivity contribution in [1.82, 2.24) is 10.6 Å². The Bertz CT molecular complexity index is 447. The van der Waals surface area contributed by atoms with E-state index in [1.54, 1.807) is 0 Å². The first-order chi connectivity index (χ1) is 8.59. The van der Waals surface area contributed by atoms with Crippen LogP contribution >= 0.6 is 0 Å². The minimum Gasteiger partial charge on any atom is -0.390 e. The molecular formula is C13H16N2O3. The van der Waals surface area contributed by atoms with Gasteiger partial charge in [0.2, 0.25) is 11.8 Å². The van der Waals surface area contributed by atoms with Gasteiger partial charge in [0.05, 0.1) is 12.1 Å². The van der Waals surface area contributed by atoms with Crippen LogP contribution in [0, 0.1) is 5.92 Å². The van der Waals surface area contributed by atoms with E-state index in [2.05, 4.69) is 10.6 Å². The molecule has 1 aromatic rings. The normalized spacial score (nSPS) is 24.4. The Labute approximate surface area is 105 Å². The fraction of sp³-hybridized carbons (Fsp3) is 0.385. The summed E-state index contributed by atoms with van der Waals surface area (Å²) in [6, 6.07) is 9.27. The zero-order chi connectivity index (χ0) is 13.1. The van der Waals surface area contributed by atoms with Gasteiger partial charge < -0.3 is 15.7 Å². The van der Waals surface area contributed by atoms with Crippen LogP contribution in [0.3, 0.4) is 0 Å². The maximum atomic E-state index is 11.9. The lowest BCUT2D eigenvalue weighted by Gasteiger charge is -2.17. The second-order valence-electron chi connectivity index (χ2n) is 4.43. The van der Waals surface area contributed by atoms with E-state index in [9.17, 15) is 14.7 Å². The number of rotatable bonds is 3. The van der Waals surface area contributed by atoms with Gasteiger partial charge in [-0.1, -0.05) is 30.3 Å². The SMILES string of the molecule is CC(NC(=O)C1C(=O)NCC1O)c1ccccc1. The minimum absolute atomic E-state index is 0.136. The second-order valence-corrected chi connectivity index (χ2v) is 4.43. The number of benzene rings is 1. The summed E-state index contributed by atoms with van der Waals surface area (Å²) in [5, 5.41) is 14.8. The highest BCUT2D eigenvalue weighted by atomic mass is 16.3. The quantitative estimate of drug-likeness (QED) is 0.657. The number of amides is 2. The molecule has 1 heterocycles. The molecule has 0 bridgehead atoms. The van der Waals surface area contributed by atoms with Gasteiger partial charge in [-0.15, -0.1) is 0 Å². The van der Waals surface area contributed by atoms with Crippen LogP contribution in [-0.2, 0) is 9.59 Å². The number of β-amino-alcohol motifs (C(OH)–C–C–N with tert-alkyl or cyclic N) is 1. The minimum atomic E-state index is -1.00. The third kappa shape index (κ3) is 2.51. The number of nitrogens with one attached hydrogen (secondary N) is 2. The average molecular weight is 248 g/mol. The molecule has 3 N–H and O–H groups in total. The Hall–Kier alpha value is -1.88. The molecule has 1 fully saturated rings. The van der Waals surface area contributed by atoms with Crippen LogP contribution in [0.2, 0.25) is 0 Å². The molecule has 18 heavy (non-hydrogen) atoms. The van der Waals surface area contributed by atoms with Crippen molar-refractivity contribution in [3.8, 4) is 0 Å². The van der Waals surface area contributed by atoms with Crippen molar-refractivity contribution in [3.63, 3.8) is 0 Å². The third-order valence-electron chi connectivity index (χ3n) is 3.09. The summed E-state index contributed by atoms with van der Waals surface area (Å²) in [5.74, 6) is -1.86. The van der Waals surface area contributed by atoms with E-state index in [-0.39, 0.29) is 12.6 Å². The summed E-state index contributed by atoms with van der Waals surface area (Å²) in [6.07, 6.45) is -0.944. The molecule has 0 saturated carbocycles. The van der Waals surface area contributed by atoms with E-state index in [0.717, 1.165) is 5.56 Å². The van der Waals surface area contributed by atoms with E-state index in [1.165, 1.54) is 0 Å². The average Bonchev–Trinajstić information content (AvgIpc) is 2.70. The van der Waals surface area contributed by atoms with Crippen molar-refractivity contribution in [2.75, 3.05) is 6.54 Å². The molecule has 0 aliphatic carbocycles. The second kappa shape index (κ2) is 5.18. The Balaban J connectivity index is 2.01. The largest absolute Gasteiger partial charge is 0.390 e. The fourth-order valence-electron chi connectivity index (χ4n) is 2.03. The Morgan fingerprint density at radius 3 is 2.67 bits per heavy atom. The summed E-state index contributed by atoms with van der Waals surface area (Å²) < 4.78 is 0. The molecule has 3 atom stereocenters. The van der Waals surface area contributed by atoms with E-state index in [4.69, 9.17) is 0 Å². The molecule has 5 nitrogen and oxygen atoms in total. The van der Waals surface area contributed by atoms with Crippen LogP contribution in [0.5, 0.6) is 0 Å². The maximum absolute atomic E-state index is 11.9. The molecule has 2 amide bonds. The standard InChI is InChI=1S/C13H16N2O3/c1-8(9-5-3-2-4-6-9)15-13(18)11-10(16)7-14-12(11)17/h2-6,8,10-11,16H,7H2,1H3,(H,14,17)(H,15,18). The zero-order valence-corrected chi connectivity index (χ0v) is 10.1. The summed E-state index contributed by atoms with van der Waals surface area (Å²) in [5.41, 5.74) is 0.957. The van der Waals surface area contributed by atoms with Gasteiger partial charge in [0.25, 0.3) is 0 Å². The van der Waals surface area contributed by atoms with Gasteiger partial charge >= 0.3 is 0 Å². The van der Waals surface area contributed by atoms with Crippen molar-refractivity contribution in [2.24, 2.45) is 5.92 Å². The molecule has 0 spiro atoms. The Morgan fingerprint density at radius 2 is 2.11 bits per heavy atom. The van der Waals surface area contributed by atoms with E-state index in [0.29, 0.717) is 0 Å². The van der Waals surface area contributed by atoms with Crippen LogP contribution in [-0.4, -0.2) is 29.6 Å². The van der Waals surface area contributed by atoms with E-state index >= 15 is 0 Å². The van der Waals surface area contributed by atoms with Crippen molar-refractivity contribution in [2.45, 2.75) is 19.1 Å². The van der Waals surface area contributed by atoms with Crippen LogP contribution in [0.1, 0.15) is 18.5 Å². The van der Waals surface area contributed by atoms with Crippen molar-refractivity contribution < 1.29 is 14.7 Å². The van der Waals surface area contributed by atoms with Gasteiger partial charge in [0.1, 0.15) is 5.92 Å². The lowest BCUT2D eigenvalue weighted by atomic mass is 10.0. The number of carbonyl (C=O) groups is 2. The molecular weight excluding hydrogens is 232 g/mol. The highest BCUT2D eigenvalue weighted by Gasteiger charge is 2.39. The lowest BCUT2D eigenvalue weighted by molar-refractivity contribution is -0.136. The summed E-state index contributed by atoms with van der Waals surface area (Å²) in [6.45, 7) is 1.98. The number of hydrogen-bond acceptors (Lipinski definition) is 3. The Kier molecular flexibility index (Phi) is 3.62. The van der Waals surface area contributed by atoms with Crippen LogP contribution in [0.15, 0.2) is 30.3 Å². The predicted octanol–water partition coefficient (Wildman–Crippen LogP) is -0.0293. The molecule has 1 aromatic carbocycles. The predicted molar refractivity (Wildman–Crippen MR) is 65.5 cm³/mol. The molecule has 2 rings (SSSR count). The monoisotopic (exact) mass is 248 g/mol. The van der Waals surface area contributed by atoms with Crippen LogP contribution in [0.25, 0.3) is 0 Å². The zero-order valence-electron chi connectivity index (χ0n) is 10.1. The number of carbonyl (C=O) groups excluding carboxylic acids is 2. The van der Waals surface area contributed by atoms with E-state index in [1.807, 2.05) is 37.3 Å². The van der Waals surface area contributed by atoms with Gasteiger partial charge in [0, 0.05) is 6.54 Å². The highest BCUT2D eigenvalue weighted by Crippen LogP contribution is 2.15. The summed E-state index contributed by atoms with van der Waals surface area (Å²) in [4.78, 5) is 23.3. The highest BCUT2D eigenvalue weighted by molar-refractivity contribution is 6.02. The molecule has 1 saturated heterocycles. The molecule has 1 aliphatic heterocycles. The number of aliphatic hydroxyl groups excluding tert-OH is 1.